The lowest BCUT2D eigenvalue weighted by atomic mass is 10.1. The number of halogens is 1. The van der Waals surface area contributed by atoms with Crippen molar-refractivity contribution in [2.24, 2.45) is 0 Å². The van der Waals surface area contributed by atoms with Gasteiger partial charge < -0.3 is 4.74 Å². The molecule has 0 saturated heterocycles. The van der Waals surface area contributed by atoms with Crippen molar-refractivity contribution in [3.8, 4) is 5.75 Å². The van der Waals surface area contributed by atoms with Crippen LogP contribution >= 0.6 is 11.6 Å². The first-order valence-electron chi connectivity index (χ1n) is 4.83. The van der Waals surface area contributed by atoms with E-state index in [1.165, 1.54) is 7.11 Å². The number of carbonyl (C=O) groups excluding carboxylic acids is 1. The Balaban J connectivity index is 2.87. The average Bonchev–Trinajstić information content (AvgIpc) is 2.14. The van der Waals surface area contributed by atoms with Crippen molar-refractivity contribution in [1.29, 1.82) is 0 Å². The summed E-state index contributed by atoms with van der Waals surface area (Å²) in [6, 6.07) is 4.89. The third-order valence-corrected chi connectivity index (χ3v) is 3.13. The first-order valence-corrected chi connectivity index (χ1v) is 7.27. The number of rotatable bonds is 5. The first-order chi connectivity index (χ1) is 7.81. The van der Waals surface area contributed by atoms with Gasteiger partial charge in [0.15, 0.2) is 15.6 Å². The normalized spacial score (nSPS) is 11.2. The number of ketones is 1. The van der Waals surface area contributed by atoms with Crippen LogP contribution in [0.2, 0.25) is 5.02 Å². The summed E-state index contributed by atoms with van der Waals surface area (Å²) in [7, 11) is -1.82. The zero-order valence-electron chi connectivity index (χ0n) is 9.57. The van der Waals surface area contributed by atoms with Gasteiger partial charge in [-0.1, -0.05) is 11.6 Å². The van der Waals surface area contributed by atoms with Crippen LogP contribution in [0.1, 0.15) is 5.56 Å². The monoisotopic (exact) mass is 276 g/mol. The highest BCUT2D eigenvalue weighted by Crippen LogP contribution is 2.23. The molecule has 0 heterocycles. The van der Waals surface area contributed by atoms with Crippen LogP contribution < -0.4 is 4.74 Å². The van der Waals surface area contributed by atoms with Crippen molar-refractivity contribution in [3.63, 3.8) is 0 Å². The fourth-order valence-electron chi connectivity index (χ4n) is 1.44. The lowest BCUT2D eigenvalue weighted by Gasteiger charge is -2.07. The van der Waals surface area contributed by atoms with Gasteiger partial charge in [0.2, 0.25) is 0 Å². The van der Waals surface area contributed by atoms with Gasteiger partial charge in [0, 0.05) is 23.3 Å². The van der Waals surface area contributed by atoms with Crippen LogP contribution in [-0.2, 0) is 21.1 Å². The summed E-state index contributed by atoms with van der Waals surface area (Å²) in [4.78, 5) is 11.5. The number of carbonyl (C=O) groups is 1. The van der Waals surface area contributed by atoms with E-state index in [1.54, 1.807) is 18.2 Å². The van der Waals surface area contributed by atoms with Crippen LogP contribution in [0, 0.1) is 0 Å². The maximum Gasteiger partial charge on any atom is 0.154 e. The van der Waals surface area contributed by atoms with Crippen LogP contribution in [0.25, 0.3) is 0 Å². The minimum absolute atomic E-state index is 0.00317. The second-order valence-electron chi connectivity index (χ2n) is 3.74. The summed E-state index contributed by atoms with van der Waals surface area (Å²) >= 11 is 5.81. The number of benzene rings is 1. The molecule has 4 nitrogen and oxygen atoms in total. The summed E-state index contributed by atoms with van der Waals surface area (Å²) < 4.78 is 27.0. The highest BCUT2D eigenvalue weighted by atomic mass is 35.5. The van der Waals surface area contributed by atoms with E-state index in [9.17, 15) is 13.2 Å². The lowest BCUT2D eigenvalue weighted by molar-refractivity contribution is -0.116. The third-order valence-electron chi connectivity index (χ3n) is 2.05. The Morgan fingerprint density at radius 1 is 1.41 bits per heavy atom. The van der Waals surface area contributed by atoms with E-state index in [2.05, 4.69) is 0 Å². The molecule has 1 aromatic rings. The first kappa shape index (κ1) is 14.0. The summed E-state index contributed by atoms with van der Waals surface area (Å²) in [5.41, 5.74) is 0.591. The zero-order valence-corrected chi connectivity index (χ0v) is 11.1. The fraction of sp³-hybridized carbons (Fsp3) is 0.364. The van der Waals surface area contributed by atoms with E-state index in [4.69, 9.17) is 16.3 Å². The summed E-state index contributed by atoms with van der Waals surface area (Å²) in [6.07, 6.45) is 1.02. The molecule has 0 spiro atoms. The van der Waals surface area contributed by atoms with E-state index in [1.807, 2.05) is 0 Å². The minimum Gasteiger partial charge on any atom is -0.496 e. The minimum atomic E-state index is -3.30. The van der Waals surface area contributed by atoms with E-state index < -0.39 is 15.6 Å². The Labute approximate surface area is 105 Å². The highest BCUT2D eigenvalue weighted by Gasteiger charge is 2.14. The molecule has 94 valence electrons. The van der Waals surface area contributed by atoms with E-state index >= 15 is 0 Å². The van der Waals surface area contributed by atoms with Gasteiger partial charge in [-0.3, -0.25) is 4.79 Å². The summed E-state index contributed by atoms with van der Waals surface area (Å²) in [5.74, 6) is -0.327. The maximum atomic E-state index is 11.5. The second-order valence-corrected chi connectivity index (χ2v) is 6.32. The Morgan fingerprint density at radius 3 is 2.59 bits per heavy atom. The average molecular weight is 277 g/mol. The van der Waals surface area contributed by atoms with Gasteiger partial charge >= 0.3 is 0 Å². The van der Waals surface area contributed by atoms with Crippen molar-refractivity contribution in [3.05, 3.63) is 28.8 Å². The van der Waals surface area contributed by atoms with E-state index in [0.29, 0.717) is 16.3 Å². The van der Waals surface area contributed by atoms with Gasteiger partial charge in [-0.2, -0.15) is 0 Å². The molecule has 0 radical (unpaired) electrons. The smallest absolute Gasteiger partial charge is 0.154 e. The topological polar surface area (TPSA) is 60.4 Å². The highest BCUT2D eigenvalue weighted by molar-refractivity contribution is 7.91. The van der Waals surface area contributed by atoms with E-state index in [0.717, 1.165) is 6.26 Å². The molecule has 0 aliphatic rings. The Kier molecular flexibility index (Phi) is 4.54. The quantitative estimate of drug-likeness (QED) is 0.818. The van der Waals surface area contributed by atoms with Crippen LogP contribution in [0.15, 0.2) is 18.2 Å². The van der Waals surface area contributed by atoms with Gasteiger partial charge in [0.1, 0.15) is 11.5 Å². The Morgan fingerprint density at radius 2 is 2.06 bits per heavy atom. The van der Waals surface area contributed by atoms with Gasteiger partial charge in [-0.05, 0) is 18.2 Å². The fourth-order valence-corrected chi connectivity index (χ4v) is 2.32. The van der Waals surface area contributed by atoms with Crippen molar-refractivity contribution < 1.29 is 17.9 Å². The molecule has 0 aliphatic heterocycles. The third kappa shape index (κ3) is 4.75. The molecule has 0 bridgehead atoms. The van der Waals surface area contributed by atoms with Gasteiger partial charge in [-0.15, -0.1) is 0 Å². The van der Waals surface area contributed by atoms with Gasteiger partial charge in [-0.25, -0.2) is 8.42 Å². The molecule has 0 atom stereocenters. The standard InChI is InChI=1S/C11H13ClO4S/c1-16-11-4-3-9(12)5-8(11)6-10(13)7-17(2,14)15/h3-5H,6-7H2,1-2H3. The van der Waals surface area contributed by atoms with Crippen LogP contribution in [-0.4, -0.2) is 33.3 Å². The van der Waals surface area contributed by atoms with E-state index in [-0.39, 0.29) is 12.2 Å². The largest absolute Gasteiger partial charge is 0.496 e. The van der Waals surface area contributed by atoms with Crippen LogP contribution in [0.5, 0.6) is 5.75 Å². The summed E-state index contributed by atoms with van der Waals surface area (Å²) in [6.45, 7) is 0. The predicted molar refractivity (Wildman–Crippen MR) is 66.4 cm³/mol. The number of hydrogen-bond donors (Lipinski definition) is 0. The lowest BCUT2D eigenvalue weighted by Crippen LogP contribution is -2.16. The number of Topliss-reactive ketones (excluding diaryl/α,β-unsaturated/α-hetero) is 1. The van der Waals surface area contributed by atoms with Gasteiger partial charge in [0.05, 0.1) is 7.11 Å². The molecule has 1 aromatic carbocycles. The van der Waals surface area contributed by atoms with Crippen molar-refractivity contribution >= 4 is 27.2 Å². The summed E-state index contributed by atoms with van der Waals surface area (Å²) in [5, 5.41) is 0.480. The number of methoxy groups -OCH3 is 1. The predicted octanol–water partition coefficient (Wildman–Crippen LogP) is 1.50. The van der Waals surface area contributed by atoms with Crippen molar-refractivity contribution in [2.45, 2.75) is 6.42 Å². The Bertz CT molecular complexity index is 522. The maximum absolute atomic E-state index is 11.5. The molecule has 0 aromatic heterocycles. The van der Waals surface area contributed by atoms with Crippen LogP contribution in [0.4, 0.5) is 0 Å². The molecule has 1 rings (SSSR count). The molecule has 0 amide bonds. The molecule has 0 N–H and O–H groups in total. The number of sulfone groups is 1. The molecular weight excluding hydrogens is 264 g/mol. The number of ether oxygens (including phenoxy) is 1. The van der Waals surface area contributed by atoms with Crippen molar-refractivity contribution in [2.75, 3.05) is 19.1 Å². The molecule has 0 saturated carbocycles. The molecular formula is C11H13ClO4S. The van der Waals surface area contributed by atoms with Crippen molar-refractivity contribution in [1.82, 2.24) is 0 Å². The molecule has 17 heavy (non-hydrogen) atoms. The van der Waals surface area contributed by atoms with Gasteiger partial charge in [0.25, 0.3) is 0 Å². The SMILES string of the molecule is COc1ccc(Cl)cc1CC(=O)CS(C)(=O)=O. The molecule has 0 fully saturated rings. The Hall–Kier alpha value is -1.07. The van der Waals surface area contributed by atoms with Crippen LogP contribution in [0.3, 0.4) is 0 Å². The second kappa shape index (κ2) is 5.51. The molecule has 0 aliphatic carbocycles. The number of hydrogen-bond acceptors (Lipinski definition) is 4. The molecule has 6 heteroatoms. The molecule has 0 unspecified atom stereocenters. The zero-order chi connectivity index (χ0) is 13.1.